The van der Waals surface area contributed by atoms with Crippen LogP contribution in [0.3, 0.4) is 0 Å². The molecule has 130 valence electrons. The molecular formula is C18H20N4O2S. The van der Waals surface area contributed by atoms with Crippen molar-refractivity contribution in [1.29, 1.82) is 0 Å². The van der Waals surface area contributed by atoms with E-state index in [1.54, 1.807) is 18.5 Å². The number of hydrogen-bond donors (Lipinski definition) is 0. The molecule has 6 nitrogen and oxygen atoms in total. The number of aryl methyl sites for hydroxylation is 3. The molecule has 3 rings (SSSR count). The van der Waals surface area contributed by atoms with Crippen molar-refractivity contribution in [2.45, 2.75) is 33.1 Å². The summed E-state index contributed by atoms with van der Waals surface area (Å²) in [6.07, 6.45) is 4.74. The van der Waals surface area contributed by atoms with Gasteiger partial charge in [0.15, 0.2) is 0 Å². The molecule has 7 heteroatoms. The van der Waals surface area contributed by atoms with Gasteiger partial charge in [0.25, 0.3) is 0 Å². The zero-order chi connectivity index (χ0) is 17.6. The molecule has 0 radical (unpaired) electrons. The van der Waals surface area contributed by atoms with Gasteiger partial charge in [0.2, 0.25) is 5.13 Å². The molecule has 2 heterocycles. The molecule has 0 spiro atoms. The van der Waals surface area contributed by atoms with E-state index in [-0.39, 0.29) is 5.97 Å². The predicted octanol–water partition coefficient (Wildman–Crippen LogP) is 3.38. The molecule has 0 saturated heterocycles. The summed E-state index contributed by atoms with van der Waals surface area (Å²) in [6, 6.07) is 10.4. The Kier molecular flexibility index (Phi) is 5.55. The Labute approximate surface area is 150 Å². The lowest BCUT2D eigenvalue weighted by Crippen LogP contribution is -2.03. The second-order valence-electron chi connectivity index (χ2n) is 5.63. The molecule has 0 saturated carbocycles. The highest BCUT2D eigenvalue weighted by Crippen LogP contribution is 2.22. The minimum absolute atomic E-state index is 0.341. The molecular weight excluding hydrogens is 336 g/mol. The van der Waals surface area contributed by atoms with Crippen LogP contribution in [0.15, 0.2) is 36.5 Å². The maximum absolute atomic E-state index is 11.9. The molecule has 25 heavy (non-hydrogen) atoms. The van der Waals surface area contributed by atoms with E-state index in [9.17, 15) is 4.79 Å². The third-order valence-corrected chi connectivity index (χ3v) is 4.85. The number of benzene rings is 1. The lowest BCUT2D eigenvalue weighted by Gasteiger charge is -1.98. The standard InChI is InChI=1S/C18H20N4O2S/c1-3-24-17(23)16-13(2)19-18(25-16)22-12-15(20-21-22)11-7-10-14-8-5-4-6-9-14/h4-6,8-9,12H,3,7,10-11H2,1-2H3. The molecule has 0 fully saturated rings. The molecule has 0 aliphatic carbocycles. The zero-order valence-electron chi connectivity index (χ0n) is 14.3. The summed E-state index contributed by atoms with van der Waals surface area (Å²) < 4.78 is 6.67. The maximum atomic E-state index is 11.9. The van der Waals surface area contributed by atoms with Crippen LogP contribution >= 0.6 is 11.3 Å². The van der Waals surface area contributed by atoms with Gasteiger partial charge in [0.1, 0.15) is 4.88 Å². The Bertz CT molecular complexity index is 842. The van der Waals surface area contributed by atoms with Gasteiger partial charge in [-0.05, 0) is 38.7 Å². The van der Waals surface area contributed by atoms with Crippen LogP contribution in [0.5, 0.6) is 0 Å². The third-order valence-electron chi connectivity index (χ3n) is 3.72. The maximum Gasteiger partial charge on any atom is 0.350 e. The van der Waals surface area contributed by atoms with Gasteiger partial charge in [0, 0.05) is 0 Å². The highest BCUT2D eigenvalue weighted by Gasteiger charge is 2.18. The second kappa shape index (κ2) is 8.02. The average Bonchev–Trinajstić information content (AvgIpc) is 3.23. The van der Waals surface area contributed by atoms with Crippen molar-refractivity contribution in [2.75, 3.05) is 6.61 Å². The first-order valence-electron chi connectivity index (χ1n) is 8.27. The molecule has 0 N–H and O–H groups in total. The first-order chi connectivity index (χ1) is 12.2. The summed E-state index contributed by atoms with van der Waals surface area (Å²) in [5, 5.41) is 8.97. The van der Waals surface area contributed by atoms with Crippen LogP contribution in [-0.4, -0.2) is 32.6 Å². The van der Waals surface area contributed by atoms with Crippen LogP contribution in [0.25, 0.3) is 5.13 Å². The molecule has 1 aromatic carbocycles. The van der Waals surface area contributed by atoms with Crippen LogP contribution in [-0.2, 0) is 17.6 Å². The predicted molar refractivity (Wildman–Crippen MR) is 96.2 cm³/mol. The van der Waals surface area contributed by atoms with Gasteiger partial charge in [-0.3, -0.25) is 0 Å². The van der Waals surface area contributed by atoms with Gasteiger partial charge in [-0.1, -0.05) is 46.9 Å². The van der Waals surface area contributed by atoms with E-state index in [4.69, 9.17) is 4.74 Å². The van der Waals surface area contributed by atoms with Crippen LogP contribution in [0.4, 0.5) is 0 Å². The normalized spacial score (nSPS) is 10.8. The number of esters is 1. The fourth-order valence-corrected chi connectivity index (χ4v) is 3.37. The highest BCUT2D eigenvalue weighted by atomic mass is 32.1. The third kappa shape index (κ3) is 4.30. The number of aromatic nitrogens is 4. The summed E-state index contributed by atoms with van der Waals surface area (Å²) >= 11 is 1.27. The summed E-state index contributed by atoms with van der Waals surface area (Å²) in [5.41, 5.74) is 2.89. The number of nitrogens with zero attached hydrogens (tertiary/aromatic N) is 4. The average molecular weight is 356 g/mol. The SMILES string of the molecule is CCOC(=O)c1sc(-n2cc(CCCc3ccccc3)nn2)nc1C. The minimum Gasteiger partial charge on any atom is -0.462 e. The van der Waals surface area contributed by atoms with Crippen LogP contribution in [0.1, 0.15) is 40.0 Å². The zero-order valence-corrected chi connectivity index (χ0v) is 15.1. The molecule has 0 bridgehead atoms. The van der Waals surface area contributed by atoms with E-state index in [0.29, 0.717) is 22.3 Å². The van der Waals surface area contributed by atoms with E-state index in [1.807, 2.05) is 12.3 Å². The smallest absolute Gasteiger partial charge is 0.350 e. The Balaban J connectivity index is 1.63. The number of thiazole rings is 1. The monoisotopic (exact) mass is 356 g/mol. The second-order valence-corrected chi connectivity index (χ2v) is 6.60. The summed E-state index contributed by atoms with van der Waals surface area (Å²) in [5.74, 6) is -0.341. The van der Waals surface area contributed by atoms with Crippen molar-refractivity contribution in [2.24, 2.45) is 0 Å². The Hall–Kier alpha value is -2.54. The first kappa shape index (κ1) is 17.3. The quantitative estimate of drug-likeness (QED) is 0.607. The molecule has 0 atom stereocenters. The van der Waals surface area contributed by atoms with E-state index >= 15 is 0 Å². The number of ether oxygens (including phenoxy) is 1. The van der Waals surface area contributed by atoms with Crippen LogP contribution in [0, 0.1) is 6.92 Å². The topological polar surface area (TPSA) is 69.9 Å². The minimum atomic E-state index is -0.341. The summed E-state index contributed by atoms with van der Waals surface area (Å²) in [6.45, 7) is 3.93. The van der Waals surface area contributed by atoms with Crippen molar-refractivity contribution in [3.63, 3.8) is 0 Å². The van der Waals surface area contributed by atoms with E-state index in [1.165, 1.54) is 16.9 Å². The van der Waals surface area contributed by atoms with E-state index < -0.39 is 0 Å². The lowest BCUT2D eigenvalue weighted by atomic mass is 10.1. The van der Waals surface area contributed by atoms with Gasteiger partial charge in [-0.2, -0.15) is 4.68 Å². The largest absolute Gasteiger partial charge is 0.462 e. The summed E-state index contributed by atoms with van der Waals surface area (Å²) in [7, 11) is 0. The molecule has 0 aliphatic heterocycles. The van der Waals surface area contributed by atoms with Crippen molar-refractivity contribution in [1.82, 2.24) is 20.0 Å². The Morgan fingerprint density at radius 2 is 2.04 bits per heavy atom. The Morgan fingerprint density at radius 1 is 1.24 bits per heavy atom. The van der Waals surface area contributed by atoms with Crippen molar-refractivity contribution >= 4 is 17.3 Å². The van der Waals surface area contributed by atoms with E-state index in [0.717, 1.165) is 25.0 Å². The molecule has 2 aromatic heterocycles. The van der Waals surface area contributed by atoms with Crippen molar-refractivity contribution < 1.29 is 9.53 Å². The van der Waals surface area contributed by atoms with Crippen molar-refractivity contribution in [3.05, 3.63) is 58.4 Å². The van der Waals surface area contributed by atoms with Gasteiger partial charge < -0.3 is 4.74 Å². The highest BCUT2D eigenvalue weighted by molar-refractivity contribution is 7.16. The molecule has 0 unspecified atom stereocenters. The fourth-order valence-electron chi connectivity index (χ4n) is 2.49. The van der Waals surface area contributed by atoms with E-state index in [2.05, 4.69) is 39.6 Å². The van der Waals surface area contributed by atoms with Gasteiger partial charge in [-0.25, -0.2) is 9.78 Å². The van der Waals surface area contributed by atoms with Gasteiger partial charge in [-0.15, -0.1) is 5.10 Å². The van der Waals surface area contributed by atoms with Crippen LogP contribution in [0.2, 0.25) is 0 Å². The first-order valence-corrected chi connectivity index (χ1v) is 9.09. The summed E-state index contributed by atoms with van der Waals surface area (Å²) in [4.78, 5) is 16.8. The van der Waals surface area contributed by atoms with Gasteiger partial charge in [0.05, 0.1) is 24.2 Å². The van der Waals surface area contributed by atoms with Gasteiger partial charge >= 0.3 is 5.97 Å². The number of hydrogen-bond acceptors (Lipinski definition) is 6. The number of carbonyl (C=O) groups is 1. The van der Waals surface area contributed by atoms with Crippen LogP contribution < -0.4 is 0 Å². The van der Waals surface area contributed by atoms with Crippen molar-refractivity contribution in [3.8, 4) is 5.13 Å². The number of carbonyl (C=O) groups excluding carboxylic acids is 1. The molecule has 0 amide bonds. The fraction of sp³-hybridized carbons (Fsp3) is 0.333. The Morgan fingerprint density at radius 3 is 2.80 bits per heavy atom. The molecule has 3 aromatic rings. The number of rotatable bonds is 7. The lowest BCUT2D eigenvalue weighted by molar-refractivity contribution is 0.0531. The molecule has 0 aliphatic rings.